The van der Waals surface area contributed by atoms with Gasteiger partial charge in [0.25, 0.3) is 0 Å². The SMILES string of the molecule is CC1(C(=O)C2CC2(C)C)CCCS1. The molecule has 1 saturated carbocycles. The Kier molecular flexibility index (Phi) is 2.03. The molecule has 2 rings (SSSR count). The number of carbonyl (C=O) groups excluding carboxylic acids is 1. The molecule has 0 aromatic heterocycles. The highest BCUT2D eigenvalue weighted by Gasteiger charge is 2.55. The largest absolute Gasteiger partial charge is 0.298 e. The predicted molar refractivity (Wildman–Crippen MR) is 57.0 cm³/mol. The Hall–Kier alpha value is 0.0200. The molecule has 0 radical (unpaired) electrons. The first-order chi connectivity index (χ1) is 5.96. The lowest BCUT2D eigenvalue weighted by Crippen LogP contribution is -2.31. The molecule has 2 atom stereocenters. The number of rotatable bonds is 2. The lowest BCUT2D eigenvalue weighted by molar-refractivity contribution is -0.122. The van der Waals surface area contributed by atoms with Gasteiger partial charge in [0.15, 0.2) is 5.78 Å². The molecule has 2 fully saturated rings. The molecular formula is C11H18OS. The van der Waals surface area contributed by atoms with Crippen LogP contribution in [0, 0.1) is 11.3 Å². The van der Waals surface area contributed by atoms with Crippen LogP contribution in [0.4, 0.5) is 0 Å². The minimum absolute atomic E-state index is 0.0293. The molecule has 0 amide bonds. The summed E-state index contributed by atoms with van der Waals surface area (Å²) in [6.45, 7) is 6.55. The maximum atomic E-state index is 12.1. The molecule has 2 aliphatic rings. The van der Waals surface area contributed by atoms with E-state index in [4.69, 9.17) is 0 Å². The summed E-state index contributed by atoms with van der Waals surface area (Å²) in [5, 5.41) is 0. The van der Waals surface area contributed by atoms with Gasteiger partial charge in [-0.15, -0.1) is 11.8 Å². The van der Waals surface area contributed by atoms with Gasteiger partial charge in [0.2, 0.25) is 0 Å². The van der Waals surface area contributed by atoms with Crippen molar-refractivity contribution in [2.45, 2.75) is 44.8 Å². The van der Waals surface area contributed by atoms with Gasteiger partial charge in [0, 0.05) is 5.92 Å². The van der Waals surface area contributed by atoms with Crippen LogP contribution in [0.2, 0.25) is 0 Å². The number of ketones is 1. The highest BCUT2D eigenvalue weighted by Crippen LogP contribution is 2.56. The number of thioether (sulfide) groups is 1. The number of hydrogen-bond donors (Lipinski definition) is 0. The third kappa shape index (κ3) is 1.54. The fourth-order valence-electron chi connectivity index (χ4n) is 2.26. The first-order valence-corrected chi connectivity index (χ1v) is 6.13. The van der Waals surface area contributed by atoms with E-state index in [0.717, 1.165) is 12.8 Å². The van der Waals surface area contributed by atoms with Crippen LogP contribution >= 0.6 is 11.8 Å². The van der Waals surface area contributed by atoms with E-state index < -0.39 is 0 Å². The molecule has 1 saturated heterocycles. The third-order valence-corrected chi connectivity index (χ3v) is 5.11. The van der Waals surface area contributed by atoms with Crippen LogP contribution in [0.1, 0.15) is 40.0 Å². The summed E-state index contributed by atoms with van der Waals surface area (Å²) < 4.78 is -0.0293. The maximum Gasteiger partial charge on any atom is 0.152 e. The average Bonchev–Trinajstić information content (AvgIpc) is 2.45. The molecule has 13 heavy (non-hydrogen) atoms. The van der Waals surface area contributed by atoms with Crippen molar-refractivity contribution in [2.24, 2.45) is 11.3 Å². The zero-order valence-electron chi connectivity index (χ0n) is 8.72. The number of Topliss-reactive ketones (excluding diaryl/α,β-unsaturated/α-hetero) is 1. The van der Waals surface area contributed by atoms with Crippen LogP contribution in [-0.4, -0.2) is 16.3 Å². The molecule has 2 heteroatoms. The van der Waals surface area contributed by atoms with Gasteiger partial charge in [-0.25, -0.2) is 0 Å². The van der Waals surface area contributed by atoms with Crippen LogP contribution in [0.3, 0.4) is 0 Å². The first-order valence-electron chi connectivity index (χ1n) is 5.14. The lowest BCUT2D eigenvalue weighted by Gasteiger charge is -2.21. The highest BCUT2D eigenvalue weighted by atomic mass is 32.2. The molecule has 1 aliphatic carbocycles. The summed E-state index contributed by atoms with van der Waals surface area (Å²) in [5.74, 6) is 2.07. The van der Waals surface area contributed by atoms with Gasteiger partial charge in [0.1, 0.15) is 0 Å². The number of carbonyl (C=O) groups is 1. The van der Waals surface area contributed by atoms with Gasteiger partial charge in [0.05, 0.1) is 4.75 Å². The van der Waals surface area contributed by atoms with Gasteiger partial charge in [-0.3, -0.25) is 4.79 Å². The average molecular weight is 198 g/mol. The lowest BCUT2D eigenvalue weighted by atomic mass is 9.94. The van der Waals surface area contributed by atoms with Crippen LogP contribution in [0.5, 0.6) is 0 Å². The van der Waals surface area contributed by atoms with Gasteiger partial charge in [-0.2, -0.15) is 0 Å². The van der Waals surface area contributed by atoms with E-state index in [0.29, 0.717) is 17.1 Å². The van der Waals surface area contributed by atoms with E-state index in [9.17, 15) is 4.79 Å². The van der Waals surface area contributed by atoms with Gasteiger partial charge in [-0.05, 0) is 37.4 Å². The summed E-state index contributed by atoms with van der Waals surface area (Å²) in [4.78, 5) is 12.1. The standard InChI is InChI=1S/C11H18OS/c1-10(2)7-8(10)9(12)11(3)5-4-6-13-11/h8H,4-7H2,1-3H3. The molecule has 2 unspecified atom stereocenters. The Balaban J connectivity index is 2.05. The van der Waals surface area contributed by atoms with E-state index in [-0.39, 0.29) is 4.75 Å². The third-order valence-electron chi connectivity index (χ3n) is 3.57. The molecule has 1 aliphatic heterocycles. The summed E-state index contributed by atoms with van der Waals surface area (Å²) >= 11 is 1.87. The van der Waals surface area contributed by atoms with Crippen molar-refractivity contribution in [3.05, 3.63) is 0 Å². The Bertz CT molecular complexity index is 238. The fourth-order valence-corrected chi connectivity index (χ4v) is 3.57. The molecule has 0 aromatic rings. The van der Waals surface area contributed by atoms with Crippen LogP contribution in [0.15, 0.2) is 0 Å². The predicted octanol–water partition coefficient (Wildman–Crippen LogP) is 2.89. The topological polar surface area (TPSA) is 17.1 Å². The quantitative estimate of drug-likeness (QED) is 0.678. The second-order valence-corrected chi connectivity index (χ2v) is 6.89. The molecule has 1 heterocycles. The van der Waals surface area contributed by atoms with Crippen LogP contribution in [0.25, 0.3) is 0 Å². The molecule has 0 N–H and O–H groups in total. The van der Waals surface area contributed by atoms with E-state index in [1.54, 1.807) is 0 Å². The Morgan fingerprint density at radius 3 is 2.38 bits per heavy atom. The normalized spacial score (nSPS) is 41.9. The minimum Gasteiger partial charge on any atom is -0.298 e. The van der Waals surface area contributed by atoms with Crippen molar-refractivity contribution in [1.29, 1.82) is 0 Å². The van der Waals surface area contributed by atoms with Gasteiger partial charge >= 0.3 is 0 Å². The van der Waals surface area contributed by atoms with Gasteiger partial charge < -0.3 is 0 Å². The van der Waals surface area contributed by atoms with Crippen LogP contribution in [-0.2, 0) is 4.79 Å². The summed E-state index contributed by atoms with van der Waals surface area (Å²) in [5.41, 5.74) is 0.309. The van der Waals surface area contributed by atoms with Crippen molar-refractivity contribution >= 4 is 17.5 Å². The van der Waals surface area contributed by atoms with E-state index in [2.05, 4.69) is 20.8 Å². The monoisotopic (exact) mass is 198 g/mol. The summed E-state index contributed by atoms with van der Waals surface area (Å²) in [6.07, 6.45) is 3.44. The van der Waals surface area contributed by atoms with Crippen LogP contribution < -0.4 is 0 Å². The highest BCUT2D eigenvalue weighted by molar-refractivity contribution is 8.01. The molecule has 0 bridgehead atoms. The zero-order chi connectivity index (χ0) is 9.69. The molecule has 74 valence electrons. The molecule has 1 nitrogen and oxygen atoms in total. The Labute approximate surface area is 84.7 Å². The van der Waals surface area contributed by atoms with Crippen molar-refractivity contribution in [1.82, 2.24) is 0 Å². The Morgan fingerprint density at radius 2 is 2.00 bits per heavy atom. The molecular weight excluding hydrogens is 180 g/mol. The van der Waals surface area contributed by atoms with Crippen molar-refractivity contribution < 1.29 is 4.79 Å². The smallest absolute Gasteiger partial charge is 0.152 e. The zero-order valence-corrected chi connectivity index (χ0v) is 9.54. The van der Waals surface area contributed by atoms with Gasteiger partial charge in [-0.1, -0.05) is 13.8 Å². The fraction of sp³-hybridized carbons (Fsp3) is 0.909. The van der Waals surface area contributed by atoms with Crippen molar-refractivity contribution in [3.63, 3.8) is 0 Å². The second kappa shape index (κ2) is 2.75. The summed E-state index contributed by atoms with van der Waals surface area (Å²) in [7, 11) is 0. The maximum absolute atomic E-state index is 12.1. The molecule has 0 aromatic carbocycles. The molecule has 0 spiro atoms. The van der Waals surface area contributed by atoms with E-state index in [1.807, 2.05) is 11.8 Å². The minimum atomic E-state index is -0.0293. The van der Waals surface area contributed by atoms with E-state index in [1.165, 1.54) is 12.2 Å². The Morgan fingerprint density at radius 1 is 1.38 bits per heavy atom. The van der Waals surface area contributed by atoms with Crippen molar-refractivity contribution in [3.8, 4) is 0 Å². The first kappa shape index (κ1) is 9.57. The summed E-state index contributed by atoms with van der Waals surface area (Å²) in [6, 6.07) is 0. The van der Waals surface area contributed by atoms with Crippen molar-refractivity contribution in [2.75, 3.05) is 5.75 Å². The second-order valence-electron chi connectivity index (χ2n) is 5.29. The number of hydrogen-bond acceptors (Lipinski definition) is 2. The van der Waals surface area contributed by atoms with E-state index >= 15 is 0 Å².